The maximum atomic E-state index is 11.5. The highest BCUT2D eigenvalue weighted by Gasteiger charge is 2.38. The first-order chi connectivity index (χ1) is 33.4. The number of piperidine rings is 2. The summed E-state index contributed by atoms with van der Waals surface area (Å²) in [5.74, 6) is 1.57. The van der Waals surface area contributed by atoms with Gasteiger partial charge in [0.25, 0.3) is 0 Å². The number of hydrogen-bond donors (Lipinski definition) is 2. The van der Waals surface area contributed by atoms with E-state index >= 15 is 0 Å². The third kappa shape index (κ3) is 10.7. The van der Waals surface area contributed by atoms with Gasteiger partial charge in [-0.1, -0.05) is 79.5 Å². The van der Waals surface area contributed by atoms with E-state index in [2.05, 4.69) is 82.4 Å². The third-order valence-corrected chi connectivity index (χ3v) is 16.4. The molecule has 362 valence electrons. The summed E-state index contributed by atoms with van der Waals surface area (Å²) in [6, 6.07) is 21.1. The van der Waals surface area contributed by atoms with Gasteiger partial charge in [-0.15, -0.1) is 0 Å². The minimum absolute atomic E-state index is 0.238. The van der Waals surface area contributed by atoms with Crippen LogP contribution in [0.25, 0.3) is 23.3 Å². The van der Waals surface area contributed by atoms with Gasteiger partial charge >= 0.3 is 0 Å². The van der Waals surface area contributed by atoms with Gasteiger partial charge in [0.2, 0.25) is 0 Å². The molecule has 3 aliphatic heterocycles. The lowest BCUT2D eigenvalue weighted by Crippen LogP contribution is -2.33. The van der Waals surface area contributed by atoms with Crippen molar-refractivity contribution in [3.8, 4) is 0 Å². The minimum atomic E-state index is -0.971. The summed E-state index contributed by atoms with van der Waals surface area (Å²) in [4.78, 5) is 23.7. The molecule has 6 heterocycles. The molecule has 5 aromatic rings. The zero-order valence-electron chi connectivity index (χ0n) is 41.1. The molecule has 3 aromatic heterocycles. The molecule has 0 saturated carbocycles. The Morgan fingerprint density at radius 3 is 1.58 bits per heavy atom. The van der Waals surface area contributed by atoms with Crippen LogP contribution < -0.4 is 0 Å². The first kappa shape index (κ1) is 49.2. The molecule has 4 atom stereocenters. The van der Waals surface area contributed by atoms with Gasteiger partial charge in [-0.05, 0) is 197 Å². The van der Waals surface area contributed by atoms with Crippen LogP contribution >= 0.6 is 23.2 Å². The quantitative estimate of drug-likeness (QED) is 0.128. The second kappa shape index (κ2) is 21.3. The van der Waals surface area contributed by atoms with Crippen molar-refractivity contribution < 1.29 is 10.2 Å². The fourth-order valence-electron chi connectivity index (χ4n) is 11.7. The van der Waals surface area contributed by atoms with Crippen molar-refractivity contribution in [3.63, 3.8) is 0 Å². The van der Waals surface area contributed by atoms with Crippen molar-refractivity contribution >= 4 is 52.7 Å². The molecule has 2 saturated heterocycles. The number of halogens is 2. The Hall–Kier alpha value is -4.74. The van der Waals surface area contributed by atoms with Gasteiger partial charge in [0.15, 0.2) is 0 Å². The zero-order chi connectivity index (χ0) is 48.3. The van der Waals surface area contributed by atoms with Gasteiger partial charge in [-0.25, -0.2) is 4.98 Å². The summed E-state index contributed by atoms with van der Waals surface area (Å²) < 4.78 is 1.89. The largest absolute Gasteiger partial charge is 0.384 e. The molecule has 4 unspecified atom stereocenters. The molecule has 10 rings (SSSR count). The summed E-state index contributed by atoms with van der Waals surface area (Å²) in [5, 5.41) is 24.5. The van der Waals surface area contributed by atoms with Crippen molar-refractivity contribution in [2.45, 2.75) is 108 Å². The molecular weight excluding hydrogens is 898 g/mol. The lowest BCUT2D eigenvalue weighted by molar-refractivity contribution is 0.0209. The number of aromatic nitrogens is 4. The Labute approximate surface area is 419 Å². The van der Waals surface area contributed by atoms with Gasteiger partial charge in [0.05, 0.1) is 29.1 Å². The average molecular weight is 967 g/mol. The molecule has 2 aliphatic carbocycles. The van der Waals surface area contributed by atoms with E-state index in [0.717, 1.165) is 98.3 Å². The van der Waals surface area contributed by atoms with Crippen LogP contribution in [0.5, 0.6) is 0 Å². The SMILES string of the molecule is CCC(O)(CCC1=Cc2cc(Cl)ccc2C(C2CCN(C)CC2)c2ncccc21)C1=CCC=N1.CCC(O)(CCC1=Cc2cc(Cl)ccc2C(C2CCN(C)CC2)c2ncccc21)c1cn(C)cn1. The number of fused-ring (bicyclic) bond motifs is 4. The summed E-state index contributed by atoms with van der Waals surface area (Å²) >= 11 is 13.0. The van der Waals surface area contributed by atoms with Crippen molar-refractivity contribution in [2.24, 2.45) is 23.9 Å². The number of hydrogen-bond acceptors (Lipinski definition) is 8. The van der Waals surface area contributed by atoms with E-state index in [0.29, 0.717) is 37.5 Å². The fraction of sp³-hybridized carbons (Fsp3) is 0.448. The van der Waals surface area contributed by atoms with Crippen LogP contribution in [0.15, 0.2) is 102 Å². The molecule has 0 spiro atoms. The summed E-state index contributed by atoms with van der Waals surface area (Å²) in [6.45, 7) is 8.52. The van der Waals surface area contributed by atoms with Crippen LogP contribution in [0.2, 0.25) is 10.0 Å². The number of aryl methyl sites for hydroxylation is 1. The van der Waals surface area contributed by atoms with Gasteiger partial charge < -0.3 is 24.6 Å². The van der Waals surface area contributed by atoms with Crippen molar-refractivity contribution in [2.75, 3.05) is 40.3 Å². The molecule has 0 radical (unpaired) electrons. The normalized spacial score (nSPS) is 21.4. The molecule has 11 heteroatoms. The first-order valence-electron chi connectivity index (χ1n) is 25.3. The second-order valence-corrected chi connectivity index (χ2v) is 21.2. The Bertz CT molecular complexity index is 2740. The molecule has 2 aromatic carbocycles. The van der Waals surface area contributed by atoms with Crippen molar-refractivity contribution in [1.82, 2.24) is 29.3 Å². The number of likely N-dealkylation sites (tertiary alicyclic amines) is 2. The maximum absolute atomic E-state index is 11.5. The fourth-order valence-corrected chi connectivity index (χ4v) is 12.0. The predicted octanol–water partition coefficient (Wildman–Crippen LogP) is 12.2. The van der Waals surface area contributed by atoms with Crippen LogP contribution in [0, 0.1) is 11.8 Å². The topological polar surface area (TPSA) is 103 Å². The molecule has 69 heavy (non-hydrogen) atoms. The van der Waals surface area contributed by atoms with E-state index < -0.39 is 11.2 Å². The molecular formula is C58H69Cl2N7O2. The lowest BCUT2D eigenvalue weighted by atomic mass is 9.76. The van der Waals surface area contributed by atoms with Crippen LogP contribution in [0.3, 0.4) is 0 Å². The number of benzene rings is 2. The number of imidazole rings is 1. The third-order valence-electron chi connectivity index (χ3n) is 15.9. The number of rotatable bonds is 12. The Kier molecular flexibility index (Phi) is 15.2. The maximum Gasteiger partial charge on any atom is 0.108 e. The van der Waals surface area contributed by atoms with Crippen LogP contribution in [0.1, 0.15) is 147 Å². The van der Waals surface area contributed by atoms with Crippen LogP contribution in [-0.2, 0) is 12.6 Å². The van der Waals surface area contributed by atoms with Gasteiger partial charge in [-0.3, -0.25) is 15.0 Å². The molecule has 0 amide bonds. The van der Waals surface area contributed by atoms with Crippen molar-refractivity contribution in [3.05, 3.63) is 158 Å². The Balaban J connectivity index is 0.000000172. The lowest BCUT2D eigenvalue weighted by Gasteiger charge is -2.35. The molecule has 2 N–H and O–H groups in total. The highest BCUT2D eigenvalue weighted by Crippen LogP contribution is 2.48. The Morgan fingerprint density at radius 1 is 0.652 bits per heavy atom. The number of aliphatic hydroxyl groups is 2. The highest BCUT2D eigenvalue weighted by atomic mass is 35.5. The van der Waals surface area contributed by atoms with E-state index in [4.69, 9.17) is 33.2 Å². The highest BCUT2D eigenvalue weighted by molar-refractivity contribution is 6.31. The summed E-state index contributed by atoms with van der Waals surface area (Å²) in [5.41, 5.74) is 11.8. The number of allylic oxidation sites excluding steroid dienone is 3. The summed E-state index contributed by atoms with van der Waals surface area (Å²) in [7, 11) is 6.35. The predicted molar refractivity (Wildman–Crippen MR) is 284 cm³/mol. The van der Waals surface area contributed by atoms with E-state index in [9.17, 15) is 10.2 Å². The zero-order valence-corrected chi connectivity index (χ0v) is 42.6. The minimum Gasteiger partial charge on any atom is -0.384 e. The van der Waals surface area contributed by atoms with Gasteiger partial charge in [0, 0.05) is 60.2 Å². The van der Waals surface area contributed by atoms with E-state index in [1.54, 1.807) is 6.33 Å². The van der Waals surface area contributed by atoms with Gasteiger partial charge in [0.1, 0.15) is 11.2 Å². The standard InChI is InChI=1S/C29H35ClN4O.C29H34ClN3O/c1-4-29(35,26-18-34(3)19-32-26)12-9-21-16-22-17-23(30)7-8-24(22)27(20-10-14-33(2)15-11-20)28-25(21)6-5-13-31-28;1-3-29(34,26-7-5-14-31-26)13-10-21-18-22-19-23(30)8-9-24(22)27(20-11-16-33(2)17-12-20)28-25(21)6-4-15-32-28/h5-8,13,16-20,27,35H,4,9-12,14-15H2,1-3H3;4,6-9,14-15,18-20,27,34H,3,5,10-13,16-17H2,1-2H3. The van der Waals surface area contributed by atoms with Crippen molar-refractivity contribution in [1.29, 1.82) is 0 Å². The molecule has 5 aliphatic rings. The Morgan fingerprint density at radius 2 is 1.14 bits per heavy atom. The summed E-state index contributed by atoms with van der Waals surface area (Å²) in [6.07, 6.45) is 25.4. The smallest absolute Gasteiger partial charge is 0.108 e. The molecule has 2 fully saturated rings. The monoisotopic (exact) mass is 965 g/mol. The van der Waals surface area contributed by atoms with Crippen LogP contribution in [0.4, 0.5) is 0 Å². The molecule has 0 bridgehead atoms. The number of aliphatic imine (C=N–C) groups is 1. The molecule has 9 nitrogen and oxygen atoms in total. The van der Waals surface area contributed by atoms with E-state index in [1.165, 1.54) is 50.2 Å². The van der Waals surface area contributed by atoms with E-state index in [1.807, 2.05) is 80.6 Å². The second-order valence-electron chi connectivity index (χ2n) is 20.3. The first-order valence-corrected chi connectivity index (χ1v) is 26.1. The average Bonchev–Trinajstić information content (AvgIpc) is 4.03. The number of nitrogens with zero attached hydrogens (tertiary/aromatic N) is 7. The van der Waals surface area contributed by atoms with Crippen LogP contribution in [-0.4, -0.2) is 91.6 Å². The number of pyridine rings is 2. The van der Waals surface area contributed by atoms with E-state index in [-0.39, 0.29) is 11.8 Å². The van der Waals surface area contributed by atoms with Gasteiger partial charge in [-0.2, -0.15) is 0 Å².